The van der Waals surface area contributed by atoms with Crippen molar-refractivity contribution in [2.75, 3.05) is 0 Å². The molecule has 0 radical (unpaired) electrons. The lowest BCUT2D eigenvalue weighted by molar-refractivity contribution is -0.121. The minimum absolute atomic E-state index is 0.640. The Kier molecular flexibility index (Phi) is 2.34. The van der Waals surface area contributed by atoms with Crippen LogP contribution in [0.25, 0.3) is 0 Å². The third-order valence-corrected chi connectivity index (χ3v) is 0.945. The number of rotatable bonds is 1. The van der Waals surface area contributed by atoms with Gasteiger partial charge in [0.25, 0.3) is 0 Å². The predicted molar refractivity (Wildman–Crippen MR) is 25.9 cm³/mol. The van der Waals surface area contributed by atoms with E-state index < -0.39 is 11.6 Å². The van der Waals surface area contributed by atoms with E-state index >= 15 is 0 Å². The third kappa shape index (κ3) is 2.21. The van der Waals surface area contributed by atoms with Crippen LogP contribution >= 0.6 is 11.6 Å². The fourth-order valence-corrected chi connectivity index (χ4v) is 0.134. The van der Waals surface area contributed by atoms with Crippen molar-refractivity contribution in [3.8, 4) is 0 Å². The average Bonchev–Trinajstić information content (AvgIpc) is 1.62. The van der Waals surface area contributed by atoms with Crippen LogP contribution in [0.2, 0.25) is 0 Å². The van der Waals surface area contributed by atoms with Crippen LogP contribution in [-0.2, 0) is 0 Å². The lowest BCUT2D eigenvalue weighted by Gasteiger charge is -2.06. The summed E-state index contributed by atoms with van der Waals surface area (Å²) < 4.78 is 33.7. The Morgan fingerprint density at radius 2 is 1.88 bits per heavy atom. The molecule has 0 N–H and O–H groups in total. The molecule has 0 bridgehead atoms. The zero-order valence-electron chi connectivity index (χ0n) is 3.87. The Morgan fingerprint density at radius 3 is 1.88 bits per heavy atom. The lowest BCUT2D eigenvalue weighted by atomic mass is 10.4. The highest BCUT2D eigenvalue weighted by atomic mass is 35.5. The molecule has 0 amide bonds. The first-order chi connectivity index (χ1) is 3.48. The van der Waals surface area contributed by atoms with Crippen LogP contribution in [0, 0.1) is 0 Å². The molecule has 1 atom stereocenters. The first-order valence-corrected chi connectivity index (χ1v) is 2.25. The molecular weight excluding hydrogens is 140 g/mol. The highest BCUT2D eigenvalue weighted by molar-refractivity contribution is 6.22. The van der Waals surface area contributed by atoms with Gasteiger partial charge in [0.1, 0.15) is 5.38 Å². The zero-order valence-corrected chi connectivity index (χ0v) is 4.63. The minimum Gasteiger partial charge on any atom is -0.169 e. The summed E-state index contributed by atoms with van der Waals surface area (Å²) in [5.41, 5.74) is 0. The fraction of sp³-hybridized carbons (Fsp3) is 0.500. The molecule has 0 saturated carbocycles. The molecule has 0 heterocycles. The van der Waals surface area contributed by atoms with Crippen molar-refractivity contribution in [3.05, 3.63) is 12.7 Å². The van der Waals surface area contributed by atoms with E-state index in [0.29, 0.717) is 6.08 Å². The summed E-state index contributed by atoms with van der Waals surface area (Å²) in [5, 5.41) is -1.91. The minimum atomic E-state index is -4.34. The Hall–Kier alpha value is -0.180. The molecule has 0 aromatic carbocycles. The smallest absolute Gasteiger partial charge is 0.169 e. The topological polar surface area (TPSA) is 0 Å². The van der Waals surface area contributed by atoms with Crippen molar-refractivity contribution in [2.24, 2.45) is 0 Å². The number of hydrogen-bond acceptors (Lipinski definition) is 0. The number of alkyl halides is 4. The van der Waals surface area contributed by atoms with E-state index in [9.17, 15) is 13.2 Å². The third-order valence-electron chi connectivity index (χ3n) is 0.520. The average molecular weight is 145 g/mol. The summed E-state index contributed by atoms with van der Waals surface area (Å²) in [7, 11) is 0. The van der Waals surface area contributed by atoms with Gasteiger partial charge in [0.2, 0.25) is 0 Å². The maximum Gasteiger partial charge on any atom is 0.408 e. The maximum absolute atomic E-state index is 11.2. The monoisotopic (exact) mass is 144 g/mol. The molecule has 1 unspecified atom stereocenters. The van der Waals surface area contributed by atoms with Crippen molar-refractivity contribution < 1.29 is 13.2 Å². The quantitative estimate of drug-likeness (QED) is 0.392. The van der Waals surface area contributed by atoms with Crippen molar-refractivity contribution in [2.45, 2.75) is 11.6 Å². The summed E-state index contributed by atoms with van der Waals surface area (Å²) in [5.74, 6) is 0. The van der Waals surface area contributed by atoms with E-state index in [2.05, 4.69) is 6.58 Å². The Morgan fingerprint density at radius 1 is 1.50 bits per heavy atom. The molecular formula is C4H4ClF3. The molecule has 0 aromatic rings. The second kappa shape index (κ2) is 2.40. The van der Waals surface area contributed by atoms with E-state index in [1.165, 1.54) is 0 Å². The standard InChI is InChI=1S/C4H4ClF3/c1-2-3(5)4(6,7)8/h2-3H,1H2. The number of allylic oxidation sites excluding steroid dienone is 1. The molecule has 0 aliphatic rings. The Balaban J connectivity index is 3.80. The van der Waals surface area contributed by atoms with Crippen LogP contribution < -0.4 is 0 Å². The van der Waals surface area contributed by atoms with E-state index in [1.807, 2.05) is 0 Å². The van der Waals surface area contributed by atoms with Gasteiger partial charge in [-0.1, -0.05) is 6.08 Å². The number of halogens is 4. The van der Waals surface area contributed by atoms with Gasteiger partial charge in [-0.05, 0) is 0 Å². The van der Waals surface area contributed by atoms with Crippen LogP contribution in [0.4, 0.5) is 13.2 Å². The summed E-state index contributed by atoms with van der Waals surface area (Å²) in [6, 6.07) is 0. The molecule has 8 heavy (non-hydrogen) atoms. The Labute approximate surface area is 49.9 Å². The van der Waals surface area contributed by atoms with Gasteiger partial charge in [-0.15, -0.1) is 18.2 Å². The molecule has 0 nitrogen and oxygen atoms in total. The van der Waals surface area contributed by atoms with Gasteiger partial charge < -0.3 is 0 Å². The second-order valence-corrected chi connectivity index (χ2v) is 1.65. The Bertz CT molecular complexity index is 85.8. The van der Waals surface area contributed by atoms with Crippen molar-refractivity contribution in [1.82, 2.24) is 0 Å². The molecule has 0 aromatic heterocycles. The molecule has 0 rings (SSSR count). The van der Waals surface area contributed by atoms with Crippen molar-refractivity contribution >= 4 is 11.6 Å². The summed E-state index contributed by atoms with van der Waals surface area (Å²) in [6.45, 7) is 2.88. The van der Waals surface area contributed by atoms with Gasteiger partial charge in [0.05, 0.1) is 0 Å². The zero-order chi connectivity index (χ0) is 6.78. The van der Waals surface area contributed by atoms with Gasteiger partial charge in [0.15, 0.2) is 0 Å². The van der Waals surface area contributed by atoms with E-state index in [1.54, 1.807) is 0 Å². The van der Waals surface area contributed by atoms with Crippen LogP contribution in [0.1, 0.15) is 0 Å². The fourth-order valence-electron chi connectivity index (χ4n) is 0.134. The summed E-state index contributed by atoms with van der Waals surface area (Å²) in [6.07, 6.45) is -3.70. The highest BCUT2D eigenvalue weighted by Crippen LogP contribution is 2.24. The van der Waals surface area contributed by atoms with Crippen LogP contribution in [-0.4, -0.2) is 11.6 Å². The molecule has 0 aliphatic heterocycles. The van der Waals surface area contributed by atoms with E-state index in [0.717, 1.165) is 0 Å². The molecule has 0 spiro atoms. The van der Waals surface area contributed by atoms with Gasteiger partial charge in [-0.25, -0.2) is 0 Å². The maximum atomic E-state index is 11.2. The molecule has 0 saturated heterocycles. The summed E-state index contributed by atoms with van der Waals surface area (Å²) >= 11 is 4.70. The van der Waals surface area contributed by atoms with Crippen LogP contribution in [0.5, 0.6) is 0 Å². The first kappa shape index (κ1) is 7.82. The van der Waals surface area contributed by atoms with Gasteiger partial charge in [-0.3, -0.25) is 0 Å². The normalized spacial score (nSPS) is 15.5. The number of hydrogen-bond donors (Lipinski definition) is 0. The van der Waals surface area contributed by atoms with Gasteiger partial charge in [0, 0.05) is 0 Å². The molecule has 4 heteroatoms. The molecule has 0 aliphatic carbocycles. The van der Waals surface area contributed by atoms with E-state index in [4.69, 9.17) is 11.6 Å². The highest BCUT2D eigenvalue weighted by Gasteiger charge is 2.35. The molecule has 0 fully saturated rings. The SMILES string of the molecule is C=CC(Cl)C(F)(F)F. The van der Waals surface area contributed by atoms with Crippen LogP contribution in [0.3, 0.4) is 0 Å². The molecule has 48 valence electrons. The van der Waals surface area contributed by atoms with Gasteiger partial charge >= 0.3 is 6.18 Å². The van der Waals surface area contributed by atoms with E-state index in [-0.39, 0.29) is 0 Å². The van der Waals surface area contributed by atoms with Gasteiger partial charge in [-0.2, -0.15) is 13.2 Å². The second-order valence-electron chi connectivity index (χ2n) is 1.18. The first-order valence-electron chi connectivity index (χ1n) is 1.82. The van der Waals surface area contributed by atoms with Crippen LogP contribution in [0.15, 0.2) is 12.7 Å². The lowest BCUT2D eigenvalue weighted by Crippen LogP contribution is -2.20. The largest absolute Gasteiger partial charge is 0.408 e. The van der Waals surface area contributed by atoms with Crippen molar-refractivity contribution in [3.63, 3.8) is 0 Å². The predicted octanol–water partition coefficient (Wildman–Crippen LogP) is 2.34. The summed E-state index contributed by atoms with van der Waals surface area (Å²) in [4.78, 5) is 0. The van der Waals surface area contributed by atoms with Crippen molar-refractivity contribution in [1.29, 1.82) is 0 Å².